The molecule has 0 bridgehead atoms. The third-order valence-corrected chi connectivity index (χ3v) is 12.3. The van der Waals surface area contributed by atoms with Gasteiger partial charge in [-0.25, -0.2) is 0 Å². The minimum atomic E-state index is -0.877. The Bertz CT molecular complexity index is 1430. The van der Waals surface area contributed by atoms with Crippen molar-refractivity contribution in [1.29, 1.82) is 0 Å². The predicted octanol–water partition coefficient (Wildman–Crippen LogP) is -0.434. The molecule has 0 spiro atoms. The summed E-state index contributed by atoms with van der Waals surface area (Å²) in [6, 6.07) is 65.0. The summed E-state index contributed by atoms with van der Waals surface area (Å²) >= 11 is -0.842. The zero-order chi connectivity index (χ0) is 30.0. The summed E-state index contributed by atoms with van der Waals surface area (Å²) < 4.78 is 2.87. The van der Waals surface area contributed by atoms with E-state index in [0.717, 1.165) is 0 Å². The van der Waals surface area contributed by atoms with E-state index >= 15 is 0 Å². The first kappa shape index (κ1) is 37.7. The summed E-state index contributed by atoms with van der Waals surface area (Å²) in [5, 5.41) is 8.61. The smallest absolute Gasteiger partial charge is 0.102 e. The van der Waals surface area contributed by atoms with Crippen molar-refractivity contribution in [3.05, 3.63) is 182 Å². The van der Waals surface area contributed by atoms with Crippen molar-refractivity contribution in [3.63, 3.8) is 0 Å². The van der Waals surface area contributed by atoms with Gasteiger partial charge in [-0.2, -0.15) is 0 Å². The van der Waals surface area contributed by atoms with Crippen LogP contribution in [0.25, 0.3) is 0 Å². The van der Waals surface area contributed by atoms with Gasteiger partial charge in [0.2, 0.25) is 0 Å². The largest absolute Gasteiger partial charge is 1.00 e. The van der Waals surface area contributed by atoms with Gasteiger partial charge in [-0.15, -0.1) is 0 Å². The van der Waals surface area contributed by atoms with Gasteiger partial charge in [0.15, 0.2) is 0 Å². The van der Waals surface area contributed by atoms with Gasteiger partial charge in [-0.3, -0.25) is 0 Å². The van der Waals surface area contributed by atoms with Crippen LogP contribution >= 0.6 is 15.8 Å². The van der Waals surface area contributed by atoms with E-state index in [1.165, 1.54) is 40.8 Å². The van der Waals surface area contributed by atoms with Crippen molar-refractivity contribution in [2.45, 2.75) is 0 Å². The molecule has 0 saturated heterocycles. The summed E-state index contributed by atoms with van der Waals surface area (Å²) in [6.45, 7) is 0. The van der Waals surface area contributed by atoms with E-state index in [2.05, 4.69) is 182 Å². The summed E-state index contributed by atoms with van der Waals surface area (Å²) in [7, 11) is -1.75. The Morgan fingerprint density at radius 2 is 0.467 bits per heavy atom. The molecule has 0 aliphatic rings. The van der Waals surface area contributed by atoms with Crippen LogP contribution in [0.3, 0.4) is 0 Å². The van der Waals surface area contributed by atoms with Crippen LogP contribution in [-0.4, -0.2) is 8.95 Å². The van der Waals surface area contributed by atoms with Crippen molar-refractivity contribution in [2.75, 3.05) is 0 Å². The molecule has 0 aromatic heterocycles. The second-order valence-corrected chi connectivity index (χ2v) is 15.3. The van der Waals surface area contributed by atoms with Crippen molar-refractivity contribution < 1.29 is 50.6 Å². The van der Waals surface area contributed by atoms with Crippen LogP contribution in [0, 0.1) is 0 Å². The van der Waals surface area contributed by atoms with Gasteiger partial charge in [-0.1, -0.05) is 109 Å². The topological polar surface area (TPSA) is 34.1 Å². The first-order valence-corrected chi connectivity index (χ1v) is 18.5. The second kappa shape index (κ2) is 22.1. The van der Waals surface area contributed by atoms with Crippen LogP contribution in [0.5, 0.6) is 0 Å². The molecule has 0 atom stereocenters. The van der Waals surface area contributed by atoms with Gasteiger partial charge in [0.1, 0.15) is 31.8 Å². The molecule has 228 valence electrons. The van der Waals surface area contributed by atoms with Crippen molar-refractivity contribution in [2.24, 2.45) is 0 Å². The first-order chi connectivity index (χ1) is 21.3. The minimum Gasteiger partial charge on any atom is -1.00 e. The third kappa shape index (κ3) is 12.1. The van der Waals surface area contributed by atoms with Gasteiger partial charge >= 0.3 is 34.8 Å². The maximum atomic E-state index is 9.06. The zero-order valence-electron chi connectivity index (χ0n) is 24.2. The molecule has 6 aromatic carbocycles. The van der Waals surface area contributed by atoms with Gasteiger partial charge in [0.25, 0.3) is 0 Å². The Hall–Kier alpha value is -3.46. The fourth-order valence-corrected chi connectivity index (χ4v) is 9.87. The van der Waals surface area contributed by atoms with E-state index in [1.54, 1.807) is 0 Å². The molecule has 0 N–H and O–H groups in total. The molecule has 0 aliphatic carbocycles. The maximum absolute atomic E-state index is 9.06. The van der Waals surface area contributed by atoms with Crippen LogP contribution in [0.15, 0.2) is 182 Å². The SMILES string of the molecule is O=[C]=[Ru]=[C]=O.[Cl-].[Cl-].c1ccc([PH+](c2ccccc2)c2ccccc2)cc1.c1ccc([PH+](c2ccccc2)c2ccccc2)cc1. The number of hydrogen-bond acceptors (Lipinski definition) is 2. The maximum Gasteiger partial charge on any atom is 0.102 e. The predicted molar refractivity (Wildman–Crippen MR) is 184 cm³/mol. The fraction of sp³-hybridized carbons (Fsp3) is 0. The molecule has 0 heterocycles. The summed E-state index contributed by atoms with van der Waals surface area (Å²) in [4.78, 5) is 18.1. The monoisotopic (exact) mass is 754 g/mol. The summed E-state index contributed by atoms with van der Waals surface area (Å²) in [6.07, 6.45) is 0. The molecule has 0 aliphatic heterocycles. The molecular formula is C38H32Cl2O2P2Ru. The van der Waals surface area contributed by atoms with Crippen LogP contribution in [0.1, 0.15) is 0 Å². The van der Waals surface area contributed by atoms with E-state index in [4.69, 9.17) is 9.59 Å². The van der Waals surface area contributed by atoms with Gasteiger partial charge in [0, 0.05) is 0 Å². The molecule has 0 saturated carbocycles. The normalized spacial score (nSPS) is 9.47. The molecule has 7 heteroatoms. The zero-order valence-corrected chi connectivity index (χ0v) is 29.5. The Labute approximate surface area is 287 Å². The minimum absolute atomic E-state index is 0. The number of rotatable bonds is 6. The van der Waals surface area contributed by atoms with E-state index < -0.39 is 32.1 Å². The third-order valence-electron chi connectivity index (χ3n) is 6.45. The molecule has 0 amide bonds. The average molecular weight is 755 g/mol. The quantitative estimate of drug-likeness (QED) is 0.171. The van der Waals surface area contributed by atoms with E-state index in [1.807, 2.05) is 0 Å². The number of hydrogen-bond donors (Lipinski definition) is 0. The molecular weight excluding hydrogens is 722 g/mol. The number of carbonyl (C=O) groups excluding carboxylic acids is 2. The molecule has 6 aromatic rings. The Morgan fingerprint density at radius 1 is 0.311 bits per heavy atom. The Morgan fingerprint density at radius 3 is 0.578 bits per heavy atom. The van der Waals surface area contributed by atoms with Crippen molar-refractivity contribution in [1.82, 2.24) is 0 Å². The van der Waals surface area contributed by atoms with Gasteiger partial charge in [0.05, 0.1) is 15.8 Å². The number of halogens is 2. The van der Waals surface area contributed by atoms with E-state index in [9.17, 15) is 0 Å². The van der Waals surface area contributed by atoms with Crippen LogP contribution in [0.4, 0.5) is 0 Å². The van der Waals surface area contributed by atoms with Crippen LogP contribution < -0.4 is 56.6 Å². The summed E-state index contributed by atoms with van der Waals surface area (Å²) in [5.41, 5.74) is 0. The van der Waals surface area contributed by atoms with Crippen LogP contribution in [-0.2, 0) is 25.8 Å². The summed E-state index contributed by atoms with van der Waals surface area (Å²) in [5.74, 6) is 0. The average Bonchev–Trinajstić information content (AvgIpc) is 3.09. The Kier molecular flexibility index (Phi) is 18.5. The van der Waals surface area contributed by atoms with Crippen molar-refractivity contribution in [3.8, 4) is 0 Å². The van der Waals surface area contributed by atoms with Crippen molar-refractivity contribution >= 4 is 56.6 Å². The molecule has 45 heavy (non-hydrogen) atoms. The van der Waals surface area contributed by atoms with Crippen LogP contribution in [0.2, 0.25) is 0 Å². The molecule has 0 unspecified atom stereocenters. The van der Waals surface area contributed by atoms with Gasteiger partial charge in [-0.05, 0) is 72.8 Å². The van der Waals surface area contributed by atoms with Gasteiger partial charge < -0.3 is 24.8 Å². The molecule has 0 fully saturated rings. The Balaban J connectivity index is 0.000000263. The standard InChI is InChI=1S/2C18H15P.2CO.2ClH.Ru/c2*1-4-10-16(11-5-1)19(17-12-6-2-7-13-17)18-14-8-3-9-15-18;2*1-2;;;/h2*1-15H;;;2*1H;. The first-order valence-electron chi connectivity index (χ1n) is 13.7. The van der Waals surface area contributed by atoms with E-state index in [-0.39, 0.29) is 24.8 Å². The second-order valence-electron chi connectivity index (χ2n) is 9.18. The molecule has 2 nitrogen and oxygen atoms in total. The molecule has 6 rings (SSSR count). The van der Waals surface area contributed by atoms with E-state index in [0.29, 0.717) is 0 Å². The fourth-order valence-electron chi connectivity index (χ4n) is 4.64. The number of benzene rings is 6. The molecule has 0 radical (unpaired) electrons.